The summed E-state index contributed by atoms with van der Waals surface area (Å²) in [4.78, 5) is 0. The molecule has 0 saturated heterocycles. The number of nitrogens with two attached hydrogens (primary N) is 1. The Kier molecular flexibility index (Phi) is 3.47. The normalized spacial score (nSPS) is 13.0. The maximum absolute atomic E-state index is 12.5. The average Bonchev–Trinajstić information content (AvgIpc) is 2.15. The molecule has 0 atom stereocenters. The van der Waals surface area contributed by atoms with Gasteiger partial charge in [-0.1, -0.05) is 12.1 Å². The van der Waals surface area contributed by atoms with Crippen molar-refractivity contribution in [2.75, 3.05) is 6.54 Å². The summed E-state index contributed by atoms with van der Waals surface area (Å²) in [6.45, 7) is -0.596. The standard InChI is InChI=1S/C10H9F4N/c11-9-3-1-7(2-4-9)5-8(6-15)10(12,13)14/h1-5H,6,15H2/b8-5+. The van der Waals surface area contributed by atoms with Gasteiger partial charge in [0.2, 0.25) is 0 Å². The fourth-order valence-electron chi connectivity index (χ4n) is 1.02. The number of hydrogen-bond acceptors (Lipinski definition) is 1. The van der Waals surface area contributed by atoms with Gasteiger partial charge in [-0.2, -0.15) is 13.2 Å². The van der Waals surface area contributed by atoms with E-state index in [0.29, 0.717) is 0 Å². The molecule has 0 radical (unpaired) electrons. The number of halogens is 4. The molecule has 82 valence electrons. The third-order valence-electron chi connectivity index (χ3n) is 1.79. The lowest BCUT2D eigenvalue weighted by atomic mass is 10.1. The van der Waals surface area contributed by atoms with E-state index in [1.54, 1.807) is 0 Å². The second-order valence-electron chi connectivity index (χ2n) is 2.92. The quantitative estimate of drug-likeness (QED) is 0.760. The van der Waals surface area contributed by atoms with Crippen LogP contribution < -0.4 is 5.73 Å². The third-order valence-corrected chi connectivity index (χ3v) is 1.79. The van der Waals surface area contributed by atoms with Crippen LogP contribution >= 0.6 is 0 Å². The van der Waals surface area contributed by atoms with E-state index in [4.69, 9.17) is 5.73 Å². The molecule has 0 aliphatic heterocycles. The van der Waals surface area contributed by atoms with E-state index in [2.05, 4.69) is 0 Å². The second kappa shape index (κ2) is 4.44. The highest BCUT2D eigenvalue weighted by atomic mass is 19.4. The Balaban J connectivity index is 2.99. The molecule has 0 unspecified atom stereocenters. The summed E-state index contributed by atoms with van der Waals surface area (Å²) in [7, 11) is 0. The Morgan fingerprint density at radius 1 is 1.20 bits per heavy atom. The summed E-state index contributed by atoms with van der Waals surface area (Å²) in [6, 6.07) is 4.71. The van der Waals surface area contributed by atoms with Crippen LogP contribution in [0.2, 0.25) is 0 Å². The van der Waals surface area contributed by atoms with Gasteiger partial charge in [-0.3, -0.25) is 0 Å². The molecular weight excluding hydrogens is 210 g/mol. The maximum atomic E-state index is 12.5. The molecule has 0 amide bonds. The molecule has 15 heavy (non-hydrogen) atoms. The molecule has 0 bridgehead atoms. The monoisotopic (exact) mass is 219 g/mol. The number of rotatable bonds is 2. The van der Waals surface area contributed by atoms with Crippen molar-refractivity contribution in [2.45, 2.75) is 6.18 Å². The van der Waals surface area contributed by atoms with E-state index >= 15 is 0 Å². The van der Waals surface area contributed by atoms with Crippen LogP contribution in [0.25, 0.3) is 6.08 Å². The minimum absolute atomic E-state index is 0.272. The van der Waals surface area contributed by atoms with Gasteiger partial charge < -0.3 is 5.73 Å². The lowest BCUT2D eigenvalue weighted by molar-refractivity contribution is -0.0912. The van der Waals surface area contributed by atoms with Crippen LogP contribution in [-0.4, -0.2) is 12.7 Å². The van der Waals surface area contributed by atoms with Crippen LogP contribution in [0.5, 0.6) is 0 Å². The Hall–Kier alpha value is -1.36. The minimum atomic E-state index is -4.44. The smallest absolute Gasteiger partial charge is 0.326 e. The van der Waals surface area contributed by atoms with E-state index in [1.807, 2.05) is 0 Å². The van der Waals surface area contributed by atoms with Gasteiger partial charge in [0.05, 0.1) is 0 Å². The van der Waals surface area contributed by atoms with Gasteiger partial charge in [0.1, 0.15) is 5.82 Å². The molecule has 0 aliphatic rings. The van der Waals surface area contributed by atoms with E-state index in [9.17, 15) is 17.6 Å². The Labute approximate surface area is 84.2 Å². The minimum Gasteiger partial charge on any atom is -0.326 e. The largest absolute Gasteiger partial charge is 0.413 e. The van der Waals surface area contributed by atoms with Gasteiger partial charge in [-0.15, -0.1) is 0 Å². The highest BCUT2D eigenvalue weighted by Crippen LogP contribution is 2.26. The summed E-state index contributed by atoms with van der Waals surface area (Å²) >= 11 is 0. The SMILES string of the molecule is NC/C(=C\c1ccc(F)cc1)C(F)(F)F. The molecule has 1 nitrogen and oxygen atoms in total. The lowest BCUT2D eigenvalue weighted by Gasteiger charge is -2.09. The maximum Gasteiger partial charge on any atom is 0.413 e. The summed E-state index contributed by atoms with van der Waals surface area (Å²) in [5.41, 5.74) is 4.41. The zero-order valence-electron chi connectivity index (χ0n) is 7.68. The van der Waals surface area contributed by atoms with E-state index in [-0.39, 0.29) is 5.56 Å². The predicted octanol–water partition coefficient (Wildman–Crippen LogP) is 2.73. The van der Waals surface area contributed by atoms with Crippen molar-refractivity contribution in [3.8, 4) is 0 Å². The van der Waals surface area contributed by atoms with Gasteiger partial charge in [-0.25, -0.2) is 4.39 Å². The Bertz CT molecular complexity index is 351. The number of alkyl halides is 3. The van der Waals surface area contributed by atoms with Crippen molar-refractivity contribution in [3.05, 3.63) is 41.2 Å². The van der Waals surface area contributed by atoms with E-state index in [0.717, 1.165) is 18.2 Å². The molecule has 1 rings (SSSR count). The highest BCUT2D eigenvalue weighted by molar-refractivity contribution is 5.54. The summed E-state index contributed by atoms with van der Waals surface area (Å²) in [6.07, 6.45) is -3.54. The topological polar surface area (TPSA) is 26.0 Å². The first kappa shape index (κ1) is 11.7. The van der Waals surface area contributed by atoms with Crippen molar-refractivity contribution in [2.24, 2.45) is 5.73 Å². The highest BCUT2D eigenvalue weighted by Gasteiger charge is 2.32. The molecule has 1 aromatic rings. The van der Waals surface area contributed by atoms with Crippen molar-refractivity contribution in [1.29, 1.82) is 0 Å². The fraction of sp³-hybridized carbons (Fsp3) is 0.200. The molecular formula is C10H9F4N. The molecule has 0 heterocycles. The predicted molar refractivity (Wildman–Crippen MR) is 49.5 cm³/mol. The fourth-order valence-corrected chi connectivity index (χ4v) is 1.02. The molecule has 0 fully saturated rings. The first-order chi connectivity index (χ1) is 6.93. The molecule has 0 spiro atoms. The second-order valence-corrected chi connectivity index (χ2v) is 2.92. The molecule has 2 N–H and O–H groups in total. The first-order valence-corrected chi connectivity index (χ1v) is 4.17. The molecule has 0 aliphatic carbocycles. The lowest BCUT2D eigenvalue weighted by Crippen LogP contribution is -2.19. The summed E-state index contributed by atoms with van der Waals surface area (Å²) in [5, 5.41) is 0. The number of hydrogen-bond donors (Lipinski definition) is 1. The molecule has 5 heteroatoms. The number of benzene rings is 1. The van der Waals surface area contributed by atoms with Crippen molar-refractivity contribution < 1.29 is 17.6 Å². The zero-order valence-corrected chi connectivity index (χ0v) is 7.68. The third kappa shape index (κ3) is 3.36. The Morgan fingerprint density at radius 2 is 1.73 bits per heavy atom. The molecule has 1 aromatic carbocycles. The first-order valence-electron chi connectivity index (χ1n) is 4.17. The van der Waals surface area contributed by atoms with Gasteiger partial charge >= 0.3 is 6.18 Å². The van der Waals surface area contributed by atoms with Gasteiger partial charge in [0.25, 0.3) is 0 Å². The van der Waals surface area contributed by atoms with Gasteiger partial charge in [-0.05, 0) is 23.8 Å². The van der Waals surface area contributed by atoms with Crippen molar-refractivity contribution >= 4 is 6.08 Å². The van der Waals surface area contributed by atoms with Crippen molar-refractivity contribution in [3.63, 3.8) is 0 Å². The van der Waals surface area contributed by atoms with E-state index < -0.39 is 24.1 Å². The van der Waals surface area contributed by atoms with Gasteiger partial charge in [0, 0.05) is 12.1 Å². The Morgan fingerprint density at radius 3 is 2.13 bits per heavy atom. The zero-order chi connectivity index (χ0) is 11.5. The van der Waals surface area contributed by atoms with E-state index in [1.165, 1.54) is 12.1 Å². The molecule has 0 aromatic heterocycles. The van der Waals surface area contributed by atoms with Crippen LogP contribution in [0.15, 0.2) is 29.8 Å². The van der Waals surface area contributed by atoms with Gasteiger partial charge in [0.15, 0.2) is 0 Å². The van der Waals surface area contributed by atoms with Crippen molar-refractivity contribution in [1.82, 2.24) is 0 Å². The van der Waals surface area contributed by atoms with Crippen LogP contribution in [0, 0.1) is 5.82 Å². The summed E-state index contributed by atoms with van der Waals surface area (Å²) < 4.78 is 49.3. The van der Waals surface area contributed by atoms with Crippen LogP contribution in [0.3, 0.4) is 0 Å². The summed E-state index contributed by atoms with van der Waals surface area (Å²) in [5.74, 6) is -0.492. The van der Waals surface area contributed by atoms with Crippen LogP contribution in [0.1, 0.15) is 5.56 Å². The molecule has 0 saturated carbocycles. The van der Waals surface area contributed by atoms with Crippen LogP contribution in [0.4, 0.5) is 17.6 Å². The van der Waals surface area contributed by atoms with Crippen LogP contribution in [-0.2, 0) is 0 Å². The average molecular weight is 219 g/mol.